The minimum Gasteiger partial charge on any atom is -0.366 e. The lowest BCUT2D eigenvalue weighted by atomic mass is 9.88. The number of fused-ring (bicyclic) bond motifs is 1. The average molecular weight is 352 g/mol. The molecule has 2 aliphatic heterocycles. The molecule has 6 nitrogen and oxygen atoms in total. The molecule has 0 aromatic heterocycles. The third-order valence-electron chi connectivity index (χ3n) is 3.84. The number of nitro groups is 1. The zero-order valence-electron chi connectivity index (χ0n) is 11.2. The Kier molecular flexibility index (Phi) is 3.67. The van der Waals surface area contributed by atoms with E-state index in [9.17, 15) is 14.9 Å². The van der Waals surface area contributed by atoms with Gasteiger partial charge in [-0.1, -0.05) is 28.1 Å². The molecule has 0 saturated carbocycles. The predicted molar refractivity (Wildman–Crippen MR) is 79.9 cm³/mol. The van der Waals surface area contributed by atoms with Crippen molar-refractivity contribution in [1.29, 1.82) is 0 Å². The molecule has 21 heavy (non-hydrogen) atoms. The van der Waals surface area contributed by atoms with Crippen LogP contribution in [0.5, 0.6) is 0 Å². The van der Waals surface area contributed by atoms with E-state index in [1.807, 2.05) is 24.3 Å². The molecule has 1 aromatic rings. The first-order valence-corrected chi connectivity index (χ1v) is 7.55. The van der Waals surface area contributed by atoms with Crippen molar-refractivity contribution in [2.45, 2.75) is 18.8 Å². The van der Waals surface area contributed by atoms with E-state index in [0.717, 1.165) is 16.5 Å². The van der Waals surface area contributed by atoms with Crippen LogP contribution in [-0.2, 0) is 4.79 Å². The Balaban J connectivity index is 2.08. The SMILES string of the molecule is O=C1CC(c2ccc(Br)cc2)C([N+](=O)[O-])=C2NCCCN12. The number of benzene rings is 1. The molecule has 1 atom stereocenters. The first kappa shape index (κ1) is 14.1. The summed E-state index contributed by atoms with van der Waals surface area (Å²) in [4.78, 5) is 24.9. The number of nitrogens with zero attached hydrogens (tertiary/aromatic N) is 2. The Morgan fingerprint density at radius 1 is 1.33 bits per heavy atom. The van der Waals surface area contributed by atoms with Gasteiger partial charge in [-0.15, -0.1) is 0 Å². The molecular weight excluding hydrogens is 338 g/mol. The summed E-state index contributed by atoms with van der Waals surface area (Å²) in [5.74, 6) is -0.191. The Morgan fingerprint density at radius 3 is 2.71 bits per heavy atom. The third-order valence-corrected chi connectivity index (χ3v) is 4.37. The van der Waals surface area contributed by atoms with Gasteiger partial charge in [-0.2, -0.15) is 0 Å². The lowest BCUT2D eigenvalue weighted by molar-refractivity contribution is -0.433. The number of hydrogen-bond acceptors (Lipinski definition) is 4. The summed E-state index contributed by atoms with van der Waals surface area (Å²) in [6, 6.07) is 7.32. The maximum Gasteiger partial charge on any atom is 0.294 e. The number of nitrogens with one attached hydrogen (secondary N) is 1. The van der Waals surface area contributed by atoms with Crippen LogP contribution in [0.1, 0.15) is 24.3 Å². The van der Waals surface area contributed by atoms with Crippen LogP contribution in [0.4, 0.5) is 0 Å². The first-order valence-electron chi connectivity index (χ1n) is 6.76. The molecule has 1 unspecified atom stereocenters. The highest BCUT2D eigenvalue weighted by molar-refractivity contribution is 9.10. The van der Waals surface area contributed by atoms with E-state index in [4.69, 9.17) is 0 Å². The molecule has 0 bridgehead atoms. The van der Waals surface area contributed by atoms with Crippen LogP contribution in [0.25, 0.3) is 0 Å². The van der Waals surface area contributed by atoms with Crippen LogP contribution in [0, 0.1) is 10.1 Å². The highest BCUT2D eigenvalue weighted by Gasteiger charge is 2.42. The van der Waals surface area contributed by atoms with E-state index in [1.54, 1.807) is 0 Å². The van der Waals surface area contributed by atoms with E-state index < -0.39 is 5.92 Å². The molecule has 1 N–H and O–H groups in total. The molecule has 1 amide bonds. The number of halogens is 1. The fourth-order valence-electron chi connectivity index (χ4n) is 2.86. The Labute approximate surface area is 130 Å². The Morgan fingerprint density at radius 2 is 2.05 bits per heavy atom. The summed E-state index contributed by atoms with van der Waals surface area (Å²) in [5, 5.41) is 14.6. The average Bonchev–Trinajstić information content (AvgIpc) is 2.47. The predicted octanol–water partition coefficient (Wildman–Crippen LogP) is 2.20. The lowest BCUT2D eigenvalue weighted by Gasteiger charge is -2.35. The summed E-state index contributed by atoms with van der Waals surface area (Å²) in [7, 11) is 0. The molecule has 1 saturated heterocycles. The van der Waals surface area contributed by atoms with Crippen LogP contribution in [0.15, 0.2) is 40.3 Å². The van der Waals surface area contributed by atoms with Crippen LogP contribution in [0.3, 0.4) is 0 Å². The number of rotatable bonds is 2. The zero-order valence-corrected chi connectivity index (χ0v) is 12.8. The molecule has 0 radical (unpaired) electrons. The van der Waals surface area contributed by atoms with Gasteiger partial charge in [-0.05, 0) is 24.1 Å². The van der Waals surface area contributed by atoms with Gasteiger partial charge in [0.25, 0.3) is 5.70 Å². The number of hydrogen-bond donors (Lipinski definition) is 1. The Bertz CT molecular complexity index is 627. The minimum atomic E-state index is -0.502. The highest BCUT2D eigenvalue weighted by Crippen LogP contribution is 2.36. The molecule has 1 aromatic carbocycles. The van der Waals surface area contributed by atoms with Gasteiger partial charge in [0.15, 0.2) is 5.82 Å². The molecule has 3 rings (SSSR count). The van der Waals surface area contributed by atoms with E-state index in [-0.39, 0.29) is 22.9 Å². The lowest BCUT2D eigenvalue weighted by Crippen LogP contribution is -2.48. The van der Waals surface area contributed by atoms with Gasteiger partial charge in [-0.3, -0.25) is 19.8 Å². The van der Waals surface area contributed by atoms with E-state index in [2.05, 4.69) is 21.2 Å². The minimum absolute atomic E-state index is 0.0595. The number of amides is 1. The maximum absolute atomic E-state index is 12.3. The van der Waals surface area contributed by atoms with Crippen molar-refractivity contribution in [3.8, 4) is 0 Å². The largest absolute Gasteiger partial charge is 0.366 e. The smallest absolute Gasteiger partial charge is 0.294 e. The maximum atomic E-state index is 12.3. The second-order valence-corrected chi connectivity index (χ2v) is 6.04. The standard InChI is InChI=1S/C14H14BrN3O3/c15-10-4-2-9(3-5-10)11-8-12(19)17-7-1-6-16-14(17)13(11)18(20)21/h2-5,11,16H,1,6-8H2. The number of allylic oxidation sites excluding steroid dienone is 1. The number of carbonyl (C=O) groups is 1. The first-order chi connectivity index (χ1) is 10.1. The monoisotopic (exact) mass is 351 g/mol. The topological polar surface area (TPSA) is 75.5 Å². The summed E-state index contributed by atoms with van der Waals surface area (Å²) in [6.45, 7) is 1.20. The fraction of sp³-hybridized carbons (Fsp3) is 0.357. The van der Waals surface area contributed by atoms with Gasteiger partial charge in [0.1, 0.15) is 0 Å². The quantitative estimate of drug-likeness (QED) is 0.654. The molecule has 7 heteroatoms. The second kappa shape index (κ2) is 5.48. The molecular formula is C14H14BrN3O3. The number of carbonyl (C=O) groups excluding carboxylic acids is 1. The van der Waals surface area contributed by atoms with E-state index in [1.165, 1.54) is 4.90 Å². The zero-order chi connectivity index (χ0) is 15.0. The van der Waals surface area contributed by atoms with Crippen LogP contribution in [-0.4, -0.2) is 28.8 Å². The van der Waals surface area contributed by atoms with Crippen LogP contribution in [0.2, 0.25) is 0 Å². The summed E-state index contributed by atoms with van der Waals surface area (Å²) in [6.07, 6.45) is 0.951. The van der Waals surface area contributed by atoms with Crippen molar-refractivity contribution in [3.63, 3.8) is 0 Å². The van der Waals surface area contributed by atoms with Crippen molar-refractivity contribution >= 4 is 21.8 Å². The molecule has 2 heterocycles. The van der Waals surface area contributed by atoms with Crippen molar-refractivity contribution in [2.75, 3.05) is 13.1 Å². The molecule has 1 fully saturated rings. The second-order valence-electron chi connectivity index (χ2n) is 5.12. The van der Waals surface area contributed by atoms with Gasteiger partial charge in [-0.25, -0.2) is 0 Å². The molecule has 0 aliphatic carbocycles. The molecule has 110 valence electrons. The van der Waals surface area contributed by atoms with Gasteiger partial charge in [0, 0.05) is 24.0 Å². The van der Waals surface area contributed by atoms with Crippen molar-refractivity contribution in [1.82, 2.24) is 10.2 Å². The normalized spacial score (nSPS) is 21.9. The Hall–Kier alpha value is -1.89. The van der Waals surface area contributed by atoms with Crippen molar-refractivity contribution in [2.24, 2.45) is 0 Å². The molecule has 2 aliphatic rings. The van der Waals surface area contributed by atoms with Crippen LogP contribution < -0.4 is 5.32 Å². The highest BCUT2D eigenvalue weighted by atomic mass is 79.9. The van der Waals surface area contributed by atoms with Gasteiger partial charge in [0.2, 0.25) is 5.91 Å². The van der Waals surface area contributed by atoms with E-state index >= 15 is 0 Å². The summed E-state index contributed by atoms with van der Waals surface area (Å²) < 4.78 is 0.904. The molecule has 0 spiro atoms. The third kappa shape index (κ3) is 2.53. The summed E-state index contributed by atoms with van der Waals surface area (Å²) >= 11 is 3.35. The van der Waals surface area contributed by atoms with Crippen LogP contribution >= 0.6 is 15.9 Å². The fourth-order valence-corrected chi connectivity index (χ4v) is 3.12. The van der Waals surface area contributed by atoms with Gasteiger partial charge in [0.05, 0.1) is 10.8 Å². The van der Waals surface area contributed by atoms with Crippen molar-refractivity contribution in [3.05, 3.63) is 55.9 Å². The van der Waals surface area contributed by atoms with Gasteiger partial charge >= 0.3 is 0 Å². The van der Waals surface area contributed by atoms with E-state index in [0.29, 0.717) is 18.9 Å². The van der Waals surface area contributed by atoms with Gasteiger partial charge < -0.3 is 5.32 Å². The van der Waals surface area contributed by atoms with Crippen molar-refractivity contribution < 1.29 is 9.72 Å². The summed E-state index contributed by atoms with van der Waals surface area (Å²) in [5.41, 5.74) is 0.884.